The molecule has 90 valence electrons. The number of aromatic amines is 1. The summed E-state index contributed by atoms with van der Waals surface area (Å²) in [6.07, 6.45) is 0.734. The third-order valence-corrected chi connectivity index (χ3v) is 2.64. The van der Waals surface area contributed by atoms with Crippen molar-refractivity contribution in [2.75, 3.05) is 12.8 Å². The van der Waals surface area contributed by atoms with E-state index in [9.17, 15) is 4.39 Å². The van der Waals surface area contributed by atoms with Crippen molar-refractivity contribution < 1.29 is 9.13 Å². The van der Waals surface area contributed by atoms with E-state index in [1.165, 1.54) is 19.2 Å². The van der Waals surface area contributed by atoms with Gasteiger partial charge in [0.1, 0.15) is 17.4 Å². The number of nitrogens with one attached hydrogen (secondary N) is 1. The molecule has 1 heterocycles. The Kier molecular flexibility index (Phi) is 2.99. The molecule has 5 heteroatoms. The van der Waals surface area contributed by atoms with Gasteiger partial charge < -0.3 is 10.5 Å². The SMILES string of the molecule is CCc1c(OC)cc(F)cc1-c1cc(N)n[nH]1. The first-order valence-corrected chi connectivity index (χ1v) is 5.33. The van der Waals surface area contributed by atoms with Gasteiger partial charge in [-0.05, 0) is 12.5 Å². The van der Waals surface area contributed by atoms with Crippen molar-refractivity contribution in [3.8, 4) is 17.0 Å². The van der Waals surface area contributed by atoms with E-state index in [2.05, 4.69) is 10.2 Å². The average Bonchev–Trinajstić information content (AvgIpc) is 2.74. The van der Waals surface area contributed by atoms with E-state index in [1.54, 1.807) is 6.07 Å². The second-order valence-electron chi connectivity index (χ2n) is 3.69. The highest BCUT2D eigenvalue weighted by Gasteiger charge is 2.13. The summed E-state index contributed by atoms with van der Waals surface area (Å²) in [5.74, 6) is 0.572. The molecular formula is C12H14FN3O. The zero-order valence-electron chi connectivity index (χ0n) is 9.75. The van der Waals surface area contributed by atoms with Crippen molar-refractivity contribution in [2.24, 2.45) is 0 Å². The molecule has 1 aromatic carbocycles. The fourth-order valence-electron chi connectivity index (χ4n) is 1.87. The normalized spacial score (nSPS) is 10.5. The van der Waals surface area contributed by atoms with Gasteiger partial charge in [0.2, 0.25) is 0 Å². The number of ether oxygens (including phenoxy) is 1. The van der Waals surface area contributed by atoms with Crippen molar-refractivity contribution in [2.45, 2.75) is 13.3 Å². The van der Waals surface area contributed by atoms with Crippen molar-refractivity contribution in [3.05, 3.63) is 29.6 Å². The molecule has 0 bridgehead atoms. The van der Waals surface area contributed by atoms with Gasteiger partial charge in [-0.2, -0.15) is 5.10 Å². The fraction of sp³-hybridized carbons (Fsp3) is 0.250. The Morgan fingerprint density at radius 1 is 1.41 bits per heavy atom. The van der Waals surface area contributed by atoms with E-state index < -0.39 is 0 Å². The zero-order valence-corrected chi connectivity index (χ0v) is 9.75. The minimum atomic E-state index is -0.345. The standard InChI is InChI=1S/C12H14FN3O/c1-3-8-9(10-6-12(14)16-15-10)4-7(13)5-11(8)17-2/h4-6H,3H2,1-2H3,(H3,14,15,16). The topological polar surface area (TPSA) is 63.9 Å². The van der Waals surface area contributed by atoms with Crippen molar-refractivity contribution in [1.82, 2.24) is 10.2 Å². The molecule has 0 saturated heterocycles. The monoisotopic (exact) mass is 235 g/mol. The van der Waals surface area contributed by atoms with E-state index in [0.29, 0.717) is 17.3 Å². The summed E-state index contributed by atoms with van der Waals surface area (Å²) in [7, 11) is 1.53. The number of halogens is 1. The van der Waals surface area contributed by atoms with Crippen LogP contribution < -0.4 is 10.5 Å². The molecule has 0 radical (unpaired) electrons. The van der Waals surface area contributed by atoms with Crippen LogP contribution >= 0.6 is 0 Å². The van der Waals surface area contributed by atoms with E-state index in [1.807, 2.05) is 6.92 Å². The largest absolute Gasteiger partial charge is 0.496 e. The first kappa shape index (κ1) is 11.4. The number of anilines is 1. The molecule has 0 aliphatic carbocycles. The number of nitrogens with zero attached hydrogens (tertiary/aromatic N) is 1. The molecule has 2 aromatic rings. The molecule has 0 spiro atoms. The van der Waals surface area contributed by atoms with Crippen LogP contribution in [0.2, 0.25) is 0 Å². The summed E-state index contributed by atoms with van der Waals surface area (Å²) < 4.78 is 18.7. The van der Waals surface area contributed by atoms with Crippen LogP contribution in [0.3, 0.4) is 0 Å². The van der Waals surface area contributed by atoms with Gasteiger partial charge in [0, 0.05) is 23.3 Å². The summed E-state index contributed by atoms with van der Waals surface area (Å²) >= 11 is 0. The van der Waals surface area contributed by atoms with Gasteiger partial charge in [0.05, 0.1) is 12.8 Å². The Morgan fingerprint density at radius 2 is 2.18 bits per heavy atom. The number of benzene rings is 1. The number of methoxy groups -OCH3 is 1. The number of hydrogen-bond acceptors (Lipinski definition) is 3. The van der Waals surface area contributed by atoms with Gasteiger partial charge >= 0.3 is 0 Å². The van der Waals surface area contributed by atoms with Crippen LogP contribution in [0, 0.1) is 5.82 Å². The fourth-order valence-corrected chi connectivity index (χ4v) is 1.87. The van der Waals surface area contributed by atoms with Crippen molar-refractivity contribution in [3.63, 3.8) is 0 Å². The molecule has 3 N–H and O–H groups in total. The lowest BCUT2D eigenvalue weighted by atomic mass is 10.0. The molecule has 0 amide bonds. The lowest BCUT2D eigenvalue weighted by Gasteiger charge is -2.11. The maximum Gasteiger partial charge on any atom is 0.145 e. The van der Waals surface area contributed by atoms with Gasteiger partial charge in [-0.1, -0.05) is 6.92 Å². The number of aromatic nitrogens is 2. The minimum absolute atomic E-state index is 0.345. The van der Waals surface area contributed by atoms with E-state index >= 15 is 0 Å². The van der Waals surface area contributed by atoms with E-state index in [-0.39, 0.29) is 5.82 Å². The summed E-state index contributed by atoms with van der Waals surface area (Å²) in [4.78, 5) is 0. The smallest absolute Gasteiger partial charge is 0.145 e. The Morgan fingerprint density at radius 3 is 2.71 bits per heavy atom. The minimum Gasteiger partial charge on any atom is -0.496 e. The zero-order chi connectivity index (χ0) is 12.4. The first-order valence-electron chi connectivity index (χ1n) is 5.33. The maximum absolute atomic E-state index is 13.5. The molecule has 17 heavy (non-hydrogen) atoms. The van der Waals surface area contributed by atoms with Crippen LogP contribution in [0.1, 0.15) is 12.5 Å². The first-order chi connectivity index (χ1) is 8.15. The average molecular weight is 235 g/mol. The van der Waals surface area contributed by atoms with Crippen molar-refractivity contribution >= 4 is 5.82 Å². The van der Waals surface area contributed by atoms with Crippen LogP contribution in [0.25, 0.3) is 11.3 Å². The van der Waals surface area contributed by atoms with Gasteiger partial charge in [-0.3, -0.25) is 5.10 Å². The summed E-state index contributed by atoms with van der Waals surface area (Å²) in [5.41, 5.74) is 7.90. The van der Waals surface area contributed by atoms with E-state index in [0.717, 1.165) is 17.5 Å². The number of hydrogen-bond donors (Lipinski definition) is 2. The number of H-pyrrole nitrogens is 1. The van der Waals surface area contributed by atoms with Gasteiger partial charge in [-0.25, -0.2) is 4.39 Å². The highest BCUT2D eigenvalue weighted by Crippen LogP contribution is 2.31. The van der Waals surface area contributed by atoms with Gasteiger partial charge in [-0.15, -0.1) is 0 Å². The number of nitrogen functional groups attached to an aromatic ring is 1. The second kappa shape index (κ2) is 4.45. The Balaban J connectivity index is 2.63. The predicted molar refractivity (Wildman–Crippen MR) is 64.3 cm³/mol. The number of rotatable bonds is 3. The molecule has 4 nitrogen and oxygen atoms in total. The van der Waals surface area contributed by atoms with Crippen LogP contribution in [-0.2, 0) is 6.42 Å². The lowest BCUT2D eigenvalue weighted by Crippen LogP contribution is -1.96. The Hall–Kier alpha value is -2.04. The molecule has 0 aliphatic heterocycles. The van der Waals surface area contributed by atoms with Gasteiger partial charge in [0.15, 0.2) is 0 Å². The highest BCUT2D eigenvalue weighted by molar-refractivity contribution is 5.69. The second-order valence-corrected chi connectivity index (χ2v) is 3.69. The van der Waals surface area contributed by atoms with Crippen LogP contribution in [-0.4, -0.2) is 17.3 Å². The van der Waals surface area contributed by atoms with Gasteiger partial charge in [0.25, 0.3) is 0 Å². The molecule has 0 saturated carbocycles. The van der Waals surface area contributed by atoms with E-state index in [4.69, 9.17) is 10.5 Å². The van der Waals surface area contributed by atoms with Crippen LogP contribution in [0.5, 0.6) is 5.75 Å². The summed E-state index contributed by atoms with van der Waals surface area (Å²) in [5, 5.41) is 6.62. The Bertz CT molecular complexity index is 537. The molecule has 0 atom stereocenters. The third kappa shape index (κ3) is 2.08. The van der Waals surface area contributed by atoms with Crippen LogP contribution in [0.4, 0.5) is 10.2 Å². The highest BCUT2D eigenvalue weighted by atomic mass is 19.1. The van der Waals surface area contributed by atoms with Crippen LogP contribution in [0.15, 0.2) is 18.2 Å². The quantitative estimate of drug-likeness (QED) is 0.858. The molecular weight excluding hydrogens is 221 g/mol. The maximum atomic E-state index is 13.5. The molecule has 2 rings (SSSR count). The summed E-state index contributed by atoms with van der Waals surface area (Å²) in [6, 6.07) is 4.50. The van der Waals surface area contributed by atoms with Crippen molar-refractivity contribution in [1.29, 1.82) is 0 Å². The predicted octanol–water partition coefficient (Wildman–Crippen LogP) is 2.37. The lowest BCUT2D eigenvalue weighted by molar-refractivity contribution is 0.407. The molecule has 0 aliphatic rings. The molecule has 0 fully saturated rings. The Labute approximate surface area is 98.6 Å². The molecule has 1 aromatic heterocycles. The summed E-state index contributed by atoms with van der Waals surface area (Å²) in [6.45, 7) is 1.99. The molecule has 0 unspecified atom stereocenters. The number of nitrogens with two attached hydrogens (primary N) is 1. The third-order valence-electron chi connectivity index (χ3n) is 2.64.